The summed E-state index contributed by atoms with van der Waals surface area (Å²) in [5.74, 6) is 1.84. The molecule has 8 unspecified atom stereocenters. The minimum atomic E-state index is -1.73. The molecule has 5 aliphatic heterocycles. The average Bonchev–Trinajstić information content (AvgIpc) is 3.89. The van der Waals surface area contributed by atoms with Crippen LogP contribution < -0.4 is 0 Å². The van der Waals surface area contributed by atoms with E-state index < -0.39 is 111 Å². The van der Waals surface area contributed by atoms with E-state index in [1.165, 1.54) is 37.0 Å². The maximum atomic E-state index is 12.6. The van der Waals surface area contributed by atoms with Gasteiger partial charge in [-0.15, -0.1) is 0 Å². The number of aromatic nitrogens is 1. The second kappa shape index (κ2) is 19.0. The Bertz CT molecular complexity index is 1970. The summed E-state index contributed by atoms with van der Waals surface area (Å²) in [6, 6.07) is 2.92. The fourth-order valence-corrected chi connectivity index (χ4v) is 14.5. The lowest BCUT2D eigenvalue weighted by Crippen LogP contribution is -2.65. The second-order valence-corrected chi connectivity index (χ2v) is 22.2. The largest absolute Gasteiger partial charge is 0.459 e. The molecule has 1 aromatic heterocycles. The van der Waals surface area contributed by atoms with Gasteiger partial charge in [0, 0.05) is 24.7 Å². The summed E-state index contributed by atoms with van der Waals surface area (Å²) in [6.45, 7) is 10.7. The van der Waals surface area contributed by atoms with Gasteiger partial charge in [-0.2, -0.15) is 0 Å². The smallest absolute Gasteiger partial charge is 0.338 e. The molecule has 5 saturated heterocycles. The van der Waals surface area contributed by atoms with E-state index in [4.69, 9.17) is 42.6 Å². The molecule has 0 aromatic carbocycles. The fraction of sp³-hybridized carbons (Fsp3) is 0.840. The van der Waals surface area contributed by atoms with Crippen molar-refractivity contribution in [1.82, 2.24) is 4.98 Å². The first-order chi connectivity index (χ1) is 32.5. The summed E-state index contributed by atoms with van der Waals surface area (Å²) in [4.78, 5) is 16.5. The predicted molar refractivity (Wildman–Crippen MR) is 236 cm³/mol. The van der Waals surface area contributed by atoms with E-state index in [0.29, 0.717) is 48.3 Å². The number of hydrogen-bond donors (Lipinski definition) is 7. The van der Waals surface area contributed by atoms with Gasteiger partial charge in [0.2, 0.25) is 0 Å². The van der Waals surface area contributed by atoms with E-state index in [1.807, 2.05) is 0 Å². The van der Waals surface area contributed by atoms with Crippen molar-refractivity contribution in [3.8, 4) is 0 Å². The van der Waals surface area contributed by atoms with Crippen LogP contribution in [0.2, 0.25) is 0 Å². The maximum absolute atomic E-state index is 12.6. The van der Waals surface area contributed by atoms with E-state index in [-0.39, 0.29) is 28.6 Å². The minimum absolute atomic E-state index is 0.0391. The topological polar surface area (TPSA) is 255 Å². The van der Waals surface area contributed by atoms with Crippen LogP contribution in [0.4, 0.5) is 0 Å². The van der Waals surface area contributed by atoms with Gasteiger partial charge in [-0.25, -0.2) is 4.79 Å². The molecule has 0 amide bonds. The first-order valence-electron chi connectivity index (χ1n) is 25.2. The number of carbonyl (C=O) groups excluding carboxylic acids is 1. The van der Waals surface area contributed by atoms with E-state index in [2.05, 4.69) is 38.8 Å². The Morgan fingerprint density at radius 2 is 1.50 bits per heavy atom. The summed E-state index contributed by atoms with van der Waals surface area (Å²) in [5, 5.41) is 76.9. The molecular formula is C50H73NO17. The van der Waals surface area contributed by atoms with Crippen LogP contribution in [0, 0.1) is 46.3 Å². The van der Waals surface area contributed by atoms with Crippen molar-refractivity contribution >= 4 is 5.97 Å². The third-order valence-corrected chi connectivity index (χ3v) is 18.5. The Labute approximate surface area is 397 Å². The zero-order chi connectivity index (χ0) is 48.0. The first-order valence-corrected chi connectivity index (χ1v) is 25.2. The average molecular weight is 960 g/mol. The molecule has 9 aliphatic rings. The predicted octanol–water partition coefficient (Wildman–Crippen LogP) is 2.11. The Kier molecular flexibility index (Phi) is 13.8. The molecule has 25 atom stereocenters. The molecule has 3 saturated carbocycles. The number of aliphatic hydroxyl groups excluding tert-OH is 7. The van der Waals surface area contributed by atoms with Gasteiger partial charge < -0.3 is 78.4 Å². The van der Waals surface area contributed by atoms with E-state index in [1.54, 1.807) is 0 Å². The molecule has 0 radical (unpaired) electrons. The van der Waals surface area contributed by atoms with Crippen LogP contribution in [0.15, 0.2) is 36.2 Å². The highest BCUT2D eigenvalue weighted by atomic mass is 16.8. The molecule has 8 fully saturated rings. The summed E-state index contributed by atoms with van der Waals surface area (Å²) in [5.41, 5.74) is 1.70. The third-order valence-electron chi connectivity index (χ3n) is 18.5. The Morgan fingerprint density at radius 1 is 0.779 bits per heavy atom. The van der Waals surface area contributed by atoms with Crippen molar-refractivity contribution in [2.45, 2.75) is 196 Å². The van der Waals surface area contributed by atoms with Crippen molar-refractivity contribution in [3.05, 3.63) is 41.7 Å². The summed E-state index contributed by atoms with van der Waals surface area (Å²) < 4.78 is 55.9. The number of ether oxygens (including phenoxy) is 9. The van der Waals surface area contributed by atoms with Crippen molar-refractivity contribution in [2.75, 3.05) is 19.8 Å². The van der Waals surface area contributed by atoms with Crippen LogP contribution in [0.3, 0.4) is 0 Å². The molecule has 18 heteroatoms. The van der Waals surface area contributed by atoms with Crippen LogP contribution in [0.5, 0.6) is 0 Å². The van der Waals surface area contributed by atoms with Crippen LogP contribution >= 0.6 is 0 Å². The van der Waals surface area contributed by atoms with Crippen LogP contribution in [-0.4, -0.2) is 171 Å². The molecule has 4 aliphatic carbocycles. The monoisotopic (exact) mass is 959 g/mol. The molecule has 7 N–H and O–H groups in total. The van der Waals surface area contributed by atoms with E-state index in [9.17, 15) is 40.5 Å². The summed E-state index contributed by atoms with van der Waals surface area (Å²) >= 11 is 0. The van der Waals surface area contributed by atoms with E-state index in [0.717, 1.165) is 51.6 Å². The van der Waals surface area contributed by atoms with Gasteiger partial charge in [-0.1, -0.05) is 39.3 Å². The molecule has 380 valence electrons. The Hall–Kier alpha value is -2.24. The molecule has 0 bridgehead atoms. The molecular weight excluding hydrogens is 887 g/mol. The normalized spacial score (nSPS) is 52.1. The second-order valence-electron chi connectivity index (χ2n) is 22.2. The number of fused-ring (bicyclic) bond motifs is 7. The van der Waals surface area contributed by atoms with Gasteiger partial charge in [0.1, 0.15) is 67.6 Å². The molecule has 6 heterocycles. The van der Waals surface area contributed by atoms with Crippen molar-refractivity contribution < 1.29 is 83.2 Å². The quantitative estimate of drug-likeness (QED) is 0.131. The highest BCUT2D eigenvalue weighted by Gasteiger charge is 2.69. The zero-order valence-corrected chi connectivity index (χ0v) is 39.7. The van der Waals surface area contributed by atoms with Crippen LogP contribution in [0.1, 0.15) is 103 Å². The molecule has 68 heavy (non-hydrogen) atoms. The number of rotatable bonds is 10. The zero-order valence-electron chi connectivity index (χ0n) is 39.7. The number of carbonyl (C=O) groups is 1. The number of nitrogens with zero attached hydrogens (tertiary/aromatic N) is 1. The third kappa shape index (κ3) is 8.41. The van der Waals surface area contributed by atoms with Crippen LogP contribution in [0.25, 0.3) is 0 Å². The molecule has 1 spiro atoms. The number of esters is 1. The fourth-order valence-electron chi connectivity index (χ4n) is 14.5. The van der Waals surface area contributed by atoms with Gasteiger partial charge in [-0.3, -0.25) is 4.98 Å². The molecule has 18 nitrogen and oxygen atoms in total. The van der Waals surface area contributed by atoms with Crippen LogP contribution in [-0.2, 0) is 42.6 Å². The van der Waals surface area contributed by atoms with E-state index >= 15 is 0 Å². The van der Waals surface area contributed by atoms with Gasteiger partial charge in [-0.05, 0) is 111 Å². The Morgan fingerprint density at radius 3 is 2.24 bits per heavy atom. The van der Waals surface area contributed by atoms with Crippen molar-refractivity contribution in [1.29, 1.82) is 0 Å². The lowest BCUT2D eigenvalue weighted by molar-refractivity contribution is -0.380. The lowest BCUT2D eigenvalue weighted by Gasteiger charge is -2.58. The van der Waals surface area contributed by atoms with Crippen molar-refractivity contribution in [2.24, 2.45) is 46.3 Å². The van der Waals surface area contributed by atoms with Gasteiger partial charge in [0.15, 0.2) is 24.7 Å². The standard InChI is InChI=1S/C50H73NO17/c1-23-8-15-50(61-21-23)24(2)35-32(68-50)19-31-29-7-6-27-18-28(9-13-48(27,4)30(29)10-14-49(31,35)5)63-47-43(67-45-40(57)38(55)36(53)25(3)62-45)41(58)42(33(20-52)64-47)66-46-39(56)37(54)34(65-46)22-60-44(59)26-11-16-51-17-12-26/h6,11-12,16-17,23-25,28-43,45-47,52-58H,7-10,13-15,18-22H2,1-5H3/t23-,24?,25+,28+,29?,30?,31?,32?,33-,34+,35?,36+,37+,38-,39-,40-,41+,42-,43-,45?,46?,47-,48+,49+,50-/m1/s1. The van der Waals surface area contributed by atoms with Gasteiger partial charge in [0.05, 0.1) is 37.1 Å². The number of aliphatic hydroxyl groups is 7. The highest BCUT2D eigenvalue weighted by Crippen LogP contribution is 2.70. The highest BCUT2D eigenvalue weighted by molar-refractivity contribution is 5.89. The number of allylic oxidation sites excluding steroid dienone is 1. The minimum Gasteiger partial charge on any atom is -0.459 e. The first kappa shape index (κ1) is 49.3. The Balaban J connectivity index is 0.833. The van der Waals surface area contributed by atoms with Gasteiger partial charge >= 0.3 is 5.97 Å². The number of pyridine rings is 1. The maximum Gasteiger partial charge on any atom is 0.338 e. The SMILES string of the molecule is CC1C2C(CC3C4CC=C5C[C@@H](O[C@@H]6O[C@H](CO)[C@@H](OC7O[C@@H](COC(=O)c8ccncc8)[C@H](O)[C@H]7O)[C@H](O)[C@H]6OC6O[C@@H](C)[C@H](O)[C@@H](O)[C@H]6O)CC[C@]5(C)C4CC[C@@]32C)O[C@]12CC[C@@H](C)CO2. The number of hydrogen-bond acceptors (Lipinski definition) is 18. The van der Waals surface area contributed by atoms with Gasteiger partial charge in [0.25, 0.3) is 0 Å². The molecule has 1 aromatic rings. The molecule has 10 rings (SSSR count). The summed E-state index contributed by atoms with van der Waals surface area (Å²) in [7, 11) is 0. The van der Waals surface area contributed by atoms with Crippen molar-refractivity contribution in [3.63, 3.8) is 0 Å². The summed E-state index contributed by atoms with van der Waals surface area (Å²) in [6.07, 6.45) is -6.89. The lowest BCUT2D eigenvalue weighted by atomic mass is 9.47.